The Morgan fingerprint density at radius 3 is 2.83 bits per heavy atom. The molecule has 66 valence electrons. The number of hydrogen-bond donors (Lipinski definition) is 0. The van der Waals surface area contributed by atoms with Crippen molar-refractivity contribution in [1.29, 1.82) is 0 Å². The molecule has 1 heteroatoms. The molecule has 0 aliphatic carbocycles. The number of hydrogen-bond acceptors (Lipinski definition) is 0. The van der Waals surface area contributed by atoms with E-state index in [2.05, 4.69) is 42.9 Å². The van der Waals surface area contributed by atoms with Gasteiger partial charge in [-0.25, -0.2) is 4.57 Å². The number of aromatic nitrogens is 1. The normalized spacial score (nSPS) is 10.2. The van der Waals surface area contributed by atoms with Gasteiger partial charge in [0.2, 0.25) is 0 Å². The van der Waals surface area contributed by atoms with Crippen molar-refractivity contribution in [1.82, 2.24) is 0 Å². The van der Waals surface area contributed by atoms with Crippen molar-refractivity contribution >= 4 is 0 Å². The van der Waals surface area contributed by atoms with Gasteiger partial charge in [-0.2, -0.15) is 0 Å². The smallest absolute Gasteiger partial charge is 0.171 e. The van der Waals surface area contributed by atoms with Crippen LogP contribution in [0.2, 0.25) is 0 Å². The maximum absolute atomic E-state index is 2.25. The van der Waals surface area contributed by atoms with Crippen molar-refractivity contribution < 1.29 is 4.57 Å². The molecular weight excluding hydrogens is 146 g/mol. The highest BCUT2D eigenvalue weighted by atomic mass is 14.9. The van der Waals surface area contributed by atoms with Crippen molar-refractivity contribution in [2.45, 2.75) is 39.7 Å². The predicted molar refractivity (Wildman–Crippen MR) is 50.9 cm³/mol. The molecule has 1 aromatic heterocycles. The third-order valence-electron chi connectivity index (χ3n) is 2.10. The van der Waals surface area contributed by atoms with Crippen molar-refractivity contribution in [3.63, 3.8) is 0 Å². The molecular formula is C11H18N+. The van der Waals surface area contributed by atoms with Gasteiger partial charge >= 0.3 is 0 Å². The van der Waals surface area contributed by atoms with Crippen molar-refractivity contribution in [2.75, 3.05) is 0 Å². The summed E-state index contributed by atoms with van der Waals surface area (Å²) in [5, 5.41) is 0. The Kier molecular flexibility index (Phi) is 3.78. The monoisotopic (exact) mass is 164 g/mol. The van der Waals surface area contributed by atoms with E-state index in [4.69, 9.17) is 0 Å². The quantitative estimate of drug-likeness (QED) is 0.601. The number of pyridine rings is 1. The highest BCUT2D eigenvalue weighted by molar-refractivity contribution is 5.05. The van der Waals surface area contributed by atoms with Gasteiger partial charge in [-0.1, -0.05) is 13.3 Å². The van der Waals surface area contributed by atoms with Gasteiger partial charge < -0.3 is 0 Å². The average molecular weight is 164 g/mol. The van der Waals surface area contributed by atoms with Gasteiger partial charge in [0, 0.05) is 11.6 Å². The van der Waals surface area contributed by atoms with Gasteiger partial charge in [0.15, 0.2) is 12.4 Å². The molecule has 0 fully saturated rings. The SMILES string of the molecule is CCCCc1ccc[n+](CC)c1. The first kappa shape index (κ1) is 9.24. The zero-order valence-corrected chi connectivity index (χ0v) is 8.09. The molecule has 0 aliphatic heterocycles. The van der Waals surface area contributed by atoms with E-state index in [-0.39, 0.29) is 0 Å². The molecule has 1 rings (SSSR count). The standard InChI is InChI=1S/C11H18N/c1-3-5-7-11-8-6-9-12(4-2)10-11/h6,8-10H,3-5,7H2,1-2H3/q+1. The Morgan fingerprint density at radius 2 is 2.17 bits per heavy atom. The first-order valence-electron chi connectivity index (χ1n) is 4.84. The Labute approximate surface area is 75.1 Å². The van der Waals surface area contributed by atoms with E-state index in [0.29, 0.717) is 0 Å². The summed E-state index contributed by atoms with van der Waals surface area (Å²) in [6, 6.07) is 4.34. The van der Waals surface area contributed by atoms with Gasteiger partial charge in [0.25, 0.3) is 0 Å². The Balaban J connectivity index is 2.60. The largest absolute Gasteiger partial charge is 0.205 e. The molecule has 0 spiro atoms. The molecule has 0 radical (unpaired) electrons. The third-order valence-corrected chi connectivity index (χ3v) is 2.10. The minimum Gasteiger partial charge on any atom is -0.205 e. The van der Waals surface area contributed by atoms with Crippen LogP contribution in [0, 0.1) is 0 Å². The van der Waals surface area contributed by atoms with E-state index in [1.807, 2.05) is 0 Å². The van der Waals surface area contributed by atoms with Gasteiger partial charge in [-0.05, 0) is 25.8 Å². The summed E-state index contributed by atoms with van der Waals surface area (Å²) in [7, 11) is 0. The molecule has 1 heterocycles. The van der Waals surface area contributed by atoms with E-state index in [0.717, 1.165) is 6.54 Å². The molecule has 0 unspecified atom stereocenters. The molecule has 0 N–H and O–H groups in total. The third kappa shape index (κ3) is 2.65. The summed E-state index contributed by atoms with van der Waals surface area (Å²) in [4.78, 5) is 0. The van der Waals surface area contributed by atoms with Gasteiger partial charge in [0.1, 0.15) is 6.54 Å². The Hall–Kier alpha value is -0.850. The summed E-state index contributed by atoms with van der Waals surface area (Å²) in [5.41, 5.74) is 1.46. The fourth-order valence-electron chi connectivity index (χ4n) is 1.30. The summed E-state index contributed by atoms with van der Waals surface area (Å²) < 4.78 is 2.23. The highest BCUT2D eigenvalue weighted by Crippen LogP contribution is 2.01. The summed E-state index contributed by atoms with van der Waals surface area (Å²) in [6.45, 7) is 5.47. The fraction of sp³-hybridized carbons (Fsp3) is 0.545. The van der Waals surface area contributed by atoms with Crippen LogP contribution in [-0.4, -0.2) is 0 Å². The van der Waals surface area contributed by atoms with Crippen LogP contribution in [0.1, 0.15) is 32.3 Å². The highest BCUT2D eigenvalue weighted by Gasteiger charge is 1.98. The van der Waals surface area contributed by atoms with Crippen LogP contribution in [0.25, 0.3) is 0 Å². The topological polar surface area (TPSA) is 3.88 Å². The lowest BCUT2D eigenvalue weighted by Gasteiger charge is -1.97. The zero-order chi connectivity index (χ0) is 8.81. The molecule has 0 bridgehead atoms. The van der Waals surface area contributed by atoms with E-state index >= 15 is 0 Å². The van der Waals surface area contributed by atoms with Gasteiger partial charge in [-0.15, -0.1) is 0 Å². The molecule has 0 amide bonds. The second-order valence-corrected chi connectivity index (χ2v) is 3.15. The minimum atomic E-state index is 1.07. The number of rotatable bonds is 4. The zero-order valence-electron chi connectivity index (χ0n) is 8.09. The predicted octanol–water partition coefficient (Wildman–Crippen LogP) is 2.34. The summed E-state index contributed by atoms with van der Waals surface area (Å²) >= 11 is 0. The lowest BCUT2D eigenvalue weighted by Crippen LogP contribution is -2.31. The average Bonchev–Trinajstić information content (AvgIpc) is 2.15. The van der Waals surface area contributed by atoms with E-state index in [9.17, 15) is 0 Å². The van der Waals surface area contributed by atoms with Gasteiger partial charge in [-0.3, -0.25) is 0 Å². The van der Waals surface area contributed by atoms with Crippen molar-refractivity contribution in [3.8, 4) is 0 Å². The maximum atomic E-state index is 2.25. The van der Waals surface area contributed by atoms with Crippen LogP contribution >= 0.6 is 0 Å². The Bertz CT molecular complexity index is 230. The number of nitrogens with zero attached hydrogens (tertiary/aromatic N) is 1. The fourth-order valence-corrected chi connectivity index (χ4v) is 1.30. The van der Waals surface area contributed by atoms with Crippen LogP contribution < -0.4 is 4.57 Å². The summed E-state index contributed by atoms with van der Waals surface area (Å²) in [5.74, 6) is 0. The second kappa shape index (κ2) is 4.91. The molecule has 12 heavy (non-hydrogen) atoms. The van der Waals surface area contributed by atoms with E-state index < -0.39 is 0 Å². The first-order chi connectivity index (χ1) is 5.86. The molecule has 1 nitrogen and oxygen atoms in total. The lowest BCUT2D eigenvalue weighted by atomic mass is 10.1. The molecule has 0 aliphatic rings. The van der Waals surface area contributed by atoms with Crippen LogP contribution in [0.15, 0.2) is 24.5 Å². The van der Waals surface area contributed by atoms with Gasteiger partial charge in [0.05, 0.1) is 0 Å². The lowest BCUT2D eigenvalue weighted by molar-refractivity contribution is -0.694. The molecule has 1 aromatic rings. The van der Waals surface area contributed by atoms with E-state index in [1.54, 1.807) is 0 Å². The molecule has 0 aromatic carbocycles. The molecule has 0 atom stereocenters. The number of unbranched alkanes of at least 4 members (excludes halogenated alkanes) is 1. The Morgan fingerprint density at radius 1 is 1.33 bits per heavy atom. The second-order valence-electron chi connectivity index (χ2n) is 3.15. The van der Waals surface area contributed by atoms with Crippen LogP contribution in [0.4, 0.5) is 0 Å². The maximum Gasteiger partial charge on any atom is 0.171 e. The van der Waals surface area contributed by atoms with Crippen molar-refractivity contribution in [2.24, 2.45) is 0 Å². The van der Waals surface area contributed by atoms with Crippen LogP contribution in [-0.2, 0) is 13.0 Å². The minimum absolute atomic E-state index is 1.07. The molecule has 0 saturated heterocycles. The van der Waals surface area contributed by atoms with Crippen LogP contribution in [0.3, 0.4) is 0 Å². The summed E-state index contributed by atoms with van der Waals surface area (Å²) in [6.07, 6.45) is 8.16. The number of aryl methyl sites for hydroxylation is 2. The van der Waals surface area contributed by atoms with Crippen molar-refractivity contribution in [3.05, 3.63) is 30.1 Å². The van der Waals surface area contributed by atoms with Crippen LogP contribution in [0.5, 0.6) is 0 Å². The van der Waals surface area contributed by atoms with E-state index in [1.165, 1.54) is 24.8 Å². The first-order valence-corrected chi connectivity index (χ1v) is 4.84. The molecule has 0 saturated carbocycles.